The van der Waals surface area contributed by atoms with Crippen LogP contribution in [0.2, 0.25) is 0 Å². The Kier molecular flexibility index (Phi) is 6.46. The number of hydrogen-bond donors (Lipinski definition) is 0. The summed E-state index contributed by atoms with van der Waals surface area (Å²) in [5.41, 5.74) is 0.514. The average Bonchev–Trinajstić information content (AvgIpc) is 2.65. The Balaban J connectivity index is 1.10. The number of likely N-dealkylation sites (tertiary alicyclic amines) is 1. The number of rotatable bonds is 5. The van der Waals surface area contributed by atoms with E-state index in [2.05, 4.69) is 37.5 Å². The standard InChI is InChI=1S/C24H43N3O2/c1-18(2)21-5-7-27(8-6-21)23(28)29-22-15-24(16-22)13-20(14-24)17-25-9-11-26(12-10-25)19(3)4/h18-22H,5-17H2,1-4H3. The van der Waals surface area contributed by atoms with E-state index in [0.29, 0.717) is 11.5 Å². The molecule has 0 atom stereocenters. The molecule has 0 bridgehead atoms. The quantitative estimate of drug-likeness (QED) is 0.691. The predicted molar refractivity (Wildman–Crippen MR) is 117 cm³/mol. The van der Waals surface area contributed by atoms with Gasteiger partial charge in [-0.05, 0) is 75.5 Å². The molecule has 4 fully saturated rings. The molecule has 1 spiro atoms. The molecule has 2 saturated heterocycles. The van der Waals surface area contributed by atoms with E-state index >= 15 is 0 Å². The fraction of sp³-hybridized carbons (Fsp3) is 0.958. The summed E-state index contributed by atoms with van der Waals surface area (Å²) in [5.74, 6) is 2.36. The lowest BCUT2D eigenvalue weighted by Gasteiger charge is -2.58. The summed E-state index contributed by atoms with van der Waals surface area (Å²) < 4.78 is 5.84. The zero-order valence-electron chi connectivity index (χ0n) is 19.2. The number of nitrogens with zero attached hydrogens (tertiary/aromatic N) is 3. The first-order valence-corrected chi connectivity index (χ1v) is 12.3. The summed E-state index contributed by atoms with van der Waals surface area (Å²) in [7, 11) is 0. The zero-order valence-corrected chi connectivity index (χ0v) is 19.2. The number of piperidine rings is 1. The first-order valence-electron chi connectivity index (χ1n) is 12.3. The molecule has 5 heteroatoms. The van der Waals surface area contributed by atoms with Crippen LogP contribution in [0.5, 0.6) is 0 Å². The summed E-state index contributed by atoms with van der Waals surface area (Å²) in [4.78, 5) is 19.7. The van der Waals surface area contributed by atoms with Gasteiger partial charge in [0.2, 0.25) is 0 Å². The lowest BCUT2D eigenvalue weighted by Crippen LogP contribution is -2.56. The van der Waals surface area contributed by atoms with Gasteiger partial charge in [-0.1, -0.05) is 13.8 Å². The van der Waals surface area contributed by atoms with Crippen molar-refractivity contribution in [2.75, 3.05) is 45.8 Å². The molecule has 5 nitrogen and oxygen atoms in total. The Bertz CT molecular complexity index is 548. The SMILES string of the molecule is CC(C)C1CCN(C(=O)OC2CC3(CC(CN4CCN(C(C)C)CC4)C3)C2)CC1. The Morgan fingerprint density at radius 3 is 2.10 bits per heavy atom. The van der Waals surface area contributed by atoms with E-state index in [9.17, 15) is 4.79 Å². The Hall–Kier alpha value is -0.810. The molecule has 29 heavy (non-hydrogen) atoms. The van der Waals surface area contributed by atoms with E-state index in [4.69, 9.17) is 4.74 Å². The van der Waals surface area contributed by atoms with Crippen molar-refractivity contribution in [3.8, 4) is 0 Å². The van der Waals surface area contributed by atoms with Crippen molar-refractivity contribution in [3.63, 3.8) is 0 Å². The van der Waals surface area contributed by atoms with Gasteiger partial charge in [0.15, 0.2) is 0 Å². The minimum Gasteiger partial charge on any atom is -0.446 e. The highest BCUT2D eigenvalue weighted by Crippen LogP contribution is 2.59. The molecule has 4 rings (SSSR count). The third-order valence-corrected chi connectivity index (χ3v) is 8.43. The molecular weight excluding hydrogens is 362 g/mol. The topological polar surface area (TPSA) is 36.0 Å². The van der Waals surface area contributed by atoms with E-state index in [1.165, 1.54) is 45.6 Å². The van der Waals surface area contributed by atoms with Gasteiger partial charge >= 0.3 is 6.09 Å². The van der Waals surface area contributed by atoms with Gasteiger partial charge in [0.05, 0.1) is 0 Å². The largest absolute Gasteiger partial charge is 0.446 e. The first-order chi connectivity index (χ1) is 13.8. The van der Waals surface area contributed by atoms with Crippen molar-refractivity contribution in [3.05, 3.63) is 0 Å². The molecular formula is C24H43N3O2. The van der Waals surface area contributed by atoms with E-state index in [-0.39, 0.29) is 12.2 Å². The Morgan fingerprint density at radius 1 is 0.931 bits per heavy atom. The van der Waals surface area contributed by atoms with Crippen LogP contribution in [0, 0.1) is 23.2 Å². The van der Waals surface area contributed by atoms with Crippen molar-refractivity contribution < 1.29 is 9.53 Å². The van der Waals surface area contributed by atoms with Crippen LogP contribution in [0.3, 0.4) is 0 Å². The van der Waals surface area contributed by atoms with Gasteiger partial charge in [-0.15, -0.1) is 0 Å². The monoisotopic (exact) mass is 405 g/mol. The second-order valence-corrected chi connectivity index (χ2v) is 11.2. The van der Waals surface area contributed by atoms with Crippen LogP contribution in [0.15, 0.2) is 0 Å². The van der Waals surface area contributed by atoms with Crippen molar-refractivity contribution in [2.45, 2.75) is 78.4 Å². The number of amides is 1. The summed E-state index contributed by atoms with van der Waals surface area (Å²) in [6.07, 6.45) is 7.32. The molecule has 0 N–H and O–H groups in total. The van der Waals surface area contributed by atoms with Crippen molar-refractivity contribution >= 4 is 6.09 Å². The molecule has 0 aromatic rings. The summed E-state index contributed by atoms with van der Waals surface area (Å²) >= 11 is 0. The Labute approximate surface area is 178 Å². The van der Waals surface area contributed by atoms with Crippen molar-refractivity contribution in [1.29, 1.82) is 0 Å². The molecule has 4 aliphatic rings. The fourth-order valence-corrected chi connectivity index (χ4v) is 6.41. The maximum absolute atomic E-state index is 12.5. The molecule has 2 saturated carbocycles. The number of carbonyl (C=O) groups excluding carboxylic acids is 1. The van der Waals surface area contributed by atoms with E-state index in [1.54, 1.807) is 0 Å². The molecule has 2 heterocycles. The predicted octanol–water partition coefficient (Wildman–Crippen LogP) is 4.08. The first kappa shape index (κ1) is 21.4. The third kappa shape index (κ3) is 4.92. The number of carbonyl (C=O) groups is 1. The second kappa shape index (κ2) is 8.74. The molecule has 0 unspecified atom stereocenters. The molecule has 0 aromatic heterocycles. The normalized spacial score (nSPS) is 34.5. The van der Waals surface area contributed by atoms with Crippen LogP contribution < -0.4 is 0 Å². The van der Waals surface area contributed by atoms with Crippen LogP contribution in [0.4, 0.5) is 4.79 Å². The van der Waals surface area contributed by atoms with Crippen molar-refractivity contribution in [2.24, 2.45) is 23.2 Å². The van der Waals surface area contributed by atoms with E-state index in [1.807, 2.05) is 4.90 Å². The summed E-state index contributed by atoms with van der Waals surface area (Å²) in [6, 6.07) is 0.681. The fourth-order valence-electron chi connectivity index (χ4n) is 6.41. The van der Waals surface area contributed by atoms with Gasteiger partial charge < -0.3 is 14.5 Å². The lowest BCUT2D eigenvalue weighted by atomic mass is 9.50. The van der Waals surface area contributed by atoms with Crippen LogP contribution in [0.1, 0.15) is 66.2 Å². The number of ether oxygens (including phenoxy) is 1. The summed E-state index contributed by atoms with van der Waals surface area (Å²) in [6.45, 7) is 17.2. The van der Waals surface area contributed by atoms with Gasteiger partial charge in [-0.3, -0.25) is 4.90 Å². The second-order valence-electron chi connectivity index (χ2n) is 11.2. The minimum atomic E-state index is -0.0500. The zero-order chi connectivity index (χ0) is 20.6. The van der Waals surface area contributed by atoms with E-state index in [0.717, 1.165) is 56.5 Å². The van der Waals surface area contributed by atoms with Gasteiger partial charge in [-0.2, -0.15) is 0 Å². The van der Waals surface area contributed by atoms with Crippen LogP contribution >= 0.6 is 0 Å². The summed E-state index contributed by atoms with van der Waals surface area (Å²) in [5, 5.41) is 0. The lowest BCUT2D eigenvalue weighted by molar-refractivity contribution is -0.124. The highest BCUT2D eigenvalue weighted by atomic mass is 16.6. The average molecular weight is 406 g/mol. The van der Waals surface area contributed by atoms with Gasteiger partial charge in [0, 0.05) is 51.9 Å². The maximum Gasteiger partial charge on any atom is 0.410 e. The third-order valence-electron chi connectivity index (χ3n) is 8.43. The molecule has 0 radical (unpaired) electrons. The molecule has 0 aromatic carbocycles. The molecule has 1 amide bonds. The number of hydrogen-bond acceptors (Lipinski definition) is 4. The smallest absolute Gasteiger partial charge is 0.410 e. The highest BCUT2D eigenvalue weighted by molar-refractivity contribution is 5.68. The van der Waals surface area contributed by atoms with Gasteiger partial charge in [0.25, 0.3) is 0 Å². The highest BCUT2D eigenvalue weighted by Gasteiger charge is 2.54. The number of piperazine rings is 1. The maximum atomic E-state index is 12.5. The molecule has 2 aliphatic carbocycles. The van der Waals surface area contributed by atoms with Crippen LogP contribution in [-0.2, 0) is 4.74 Å². The molecule has 166 valence electrons. The van der Waals surface area contributed by atoms with Gasteiger partial charge in [-0.25, -0.2) is 4.79 Å². The van der Waals surface area contributed by atoms with E-state index < -0.39 is 0 Å². The van der Waals surface area contributed by atoms with Gasteiger partial charge in [0.1, 0.15) is 6.10 Å². The van der Waals surface area contributed by atoms with Crippen LogP contribution in [0.25, 0.3) is 0 Å². The minimum absolute atomic E-state index is 0.0500. The van der Waals surface area contributed by atoms with Crippen LogP contribution in [-0.4, -0.2) is 78.8 Å². The Morgan fingerprint density at radius 2 is 1.55 bits per heavy atom. The molecule has 2 aliphatic heterocycles. The van der Waals surface area contributed by atoms with Crippen molar-refractivity contribution in [1.82, 2.24) is 14.7 Å².